The highest BCUT2D eigenvalue weighted by molar-refractivity contribution is 5.86. The largest absolute Gasteiger partial charge is 0.480 e. The maximum absolute atomic E-state index is 12.3. The molecule has 395 valence electrons. The molecule has 1 aromatic heterocycles. The molecule has 4 amide bonds. The van der Waals surface area contributed by atoms with Crippen LogP contribution < -0.4 is 32.3 Å². The lowest BCUT2D eigenvalue weighted by Crippen LogP contribution is -2.43. The van der Waals surface area contributed by atoms with Gasteiger partial charge in [-0.1, -0.05) is 96.8 Å². The first kappa shape index (κ1) is 62.5. The summed E-state index contributed by atoms with van der Waals surface area (Å²) in [7, 11) is 0. The minimum atomic E-state index is -1.18. The number of aliphatic carboxylic acids is 2. The van der Waals surface area contributed by atoms with Gasteiger partial charge < -0.3 is 55.4 Å². The first-order valence-electron chi connectivity index (χ1n) is 25.2. The number of unbranched alkanes of at least 4 members (excludes halogenated alkanes) is 15. The summed E-state index contributed by atoms with van der Waals surface area (Å²) in [5.41, 5.74) is 8.62. The molecule has 21 nitrogen and oxygen atoms in total. The van der Waals surface area contributed by atoms with Gasteiger partial charge in [-0.25, -0.2) is 15.5 Å². The third kappa shape index (κ3) is 38.0. The molecule has 0 aromatic carbocycles. The lowest BCUT2D eigenvalue weighted by molar-refractivity contribution is -0.142. The Morgan fingerprint density at radius 1 is 0.580 bits per heavy atom. The summed E-state index contributed by atoms with van der Waals surface area (Å²) in [5, 5.41) is 32.3. The van der Waals surface area contributed by atoms with E-state index >= 15 is 0 Å². The number of rotatable bonds is 49. The summed E-state index contributed by atoms with van der Waals surface area (Å²) < 4.78 is 21.4. The number of ether oxygens (including phenoxy) is 4. The molecule has 3 atom stereocenters. The first-order valence-corrected chi connectivity index (χ1v) is 25.2. The number of carbonyl (C=O) groups is 7. The highest BCUT2D eigenvalue weighted by Gasteiger charge is 2.22. The average molecular weight is 982 g/mol. The predicted molar refractivity (Wildman–Crippen MR) is 258 cm³/mol. The van der Waals surface area contributed by atoms with Crippen LogP contribution in [0.1, 0.15) is 147 Å². The smallest absolute Gasteiger partial charge is 0.326 e. The number of nitrogens with zero attached hydrogens (tertiary/aromatic N) is 1. The Hall–Kier alpha value is -4.54. The lowest BCUT2D eigenvalue weighted by Gasteiger charge is -2.15. The summed E-state index contributed by atoms with van der Waals surface area (Å²) in [5.74, 6) is -4.04. The second-order valence-electron chi connectivity index (χ2n) is 17.1. The number of carbonyl (C=O) groups excluding carboxylic acids is 5. The molecule has 21 heteroatoms. The highest BCUT2D eigenvalue weighted by atomic mass is 16.5. The van der Waals surface area contributed by atoms with Crippen molar-refractivity contribution in [2.75, 3.05) is 79.0 Å². The van der Waals surface area contributed by atoms with Crippen LogP contribution in [0.4, 0.5) is 0 Å². The number of imidazole rings is 1. The number of nitrogens with one attached hydrogen (secondary N) is 7. The second-order valence-corrected chi connectivity index (χ2v) is 17.1. The molecule has 1 aromatic rings. The van der Waals surface area contributed by atoms with Crippen molar-refractivity contribution >= 4 is 41.4 Å². The molecular weight excluding hydrogens is 897 g/mol. The van der Waals surface area contributed by atoms with Crippen molar-refractivity contribution in [3.63, 3.8) is 0 Å². The molecule has 0 saturated heterocycles. The van der Waals surface area contributed by atoms with Gasteiger partial charge in [-0.15, -0.1) is 0 Å². The molecule has 0 bridgehead atoms. The predicted octanol–water partition coefficient (Wildman–Crippen LogP) is 3.41. The third-order valence-electron chi connectivity index (χ3n) is 11.1. The molecular formula is C48H85N8O13. The monoisotopic (exact) mass is 982 g/mol. The number of Topliss-reactive ketones (excluding diaryl/α,β-unsaturated/α-hetero) is 1. The highest BCUT2D eigenvalue weighted by Crippen LogP contribution is 2.14. The maximum Gasteiger partial charge on any atom is 0.326 e. The van der Waals surface area contributed by atoms with Crippen LogP contribution in [0.5, 0.6) is 0 Å². The minimum absolute atomic E-state index is 0.0223. The van der Waals surface area contributed by atoms with E-state index in [0.717, 1.165) is 19.3 Å². The van der Waals surface area contributed by atoms with Gasteiger partial charge in [-0.05, 0) is 32.1 Å². The number of carboxylic acid groups (broad SMARTS) is 2. The number of amides is 4. The van der Waals surface area contributed by atoms with Crippen LogP contribution in [-0.2, 0) is 58.9 Å². The third-order valence-corrected chi connectivity index (χ3v) is 11.1. The number of hydrogen-bond acceptors (Lipinski definition) is 13. The van der Waals surface area contributed by atoms with E-state index in [9.17, 15) is 43.8 Å². The van der Waals surface area contributed by atoms with E-state index in [-0.39, 0.29) is 128 Å². The van der Waals surface area contributed by atoms with Crippen molar-refractivity contribution in [2.45, 2.75) is 166 Å². The molecule has 1 heterocycles. The van der Waals surface area contributed by atoms with Crippen LogP contribution >= 0.6 is 0 Å². The summed E-state index contributed by atoms with van der Waals surface area (Å²) in [4.78, 5) is 90.8. The van der Waals surface area contributed by atoms with E-state index in [1.54, 1.807) is 0 Å². The Morgan fingerprint density at radius 2 is 1.09 bits per heavy atom. The Balaban J connectivity index is 1.93. The van der Waals surface area contributed by atoms with E-state index < -0.39 is 35.8 Å². The number of ketones is 1. The SMILES string of the molecule is CCCCCCCCCCCCCCCCCC(=O)N[C@@H](CCC(=O)NCCOCCOCC(=O)NCCOCCOCC(=O)NCCCC[C@H](NCC(=O)[C@@H]([NH])Cc1cnc[nH]1)C(=O)O)C(=O)O. The maximum atomic E-state index is 12.3. The second kappa shape index (κ2) is 43.5. The number of hydrogen-bond donors (Lipinski definition) is 8. The molecule has 0 saturated carbocycles. The fourth-order valence-corrected chi connectivity index (χ4v) is 7.03. The van der Waals surface area contributed by atoms with E-state index in [1.807, 2.05) is 0 Å². The normalized spacial score (nSPS) is 12.5. The van der Waals surface area contributed by atoms with Crippen molar-refractivity contribution < 1.29 is 62.7 Å². The number of aromatic nitrogens is 2. The van der Waals surface area contributed by atoms with E-state index in [2.05, 4.69) is 43.5 Å². The van der Waals surface area contributed by atoms with Crippen molar-refractivity contribution in [3.8, 4) is 0 Å². The summed E-state index contributed by atoms with van der Waals surface area (Å²) >= 11 is 0. The van der Waals surface area contributed by atoms with Crippen molar-refractivity contribution in [2.24, 2.45) is 0 Å². The number of aromatic amines is 1. The van der Waals surface area contributed by atoms with Gasteiger partial charge in [0.15, 0.2) is 5.78 Å². The summed E-state index contributed by atoms with van der Waals surface area (Å²) in [6.07, 6.45) is 23.0. The van der Waals surface area contributed by atoms with Crippen LogP contribution in [0, 0.1) is 0 Å². The molecule has 0 aliphatic heterocycles. The average Bonchev–Trinajstić information content (AvgIpc) is 3.84. The van der Waals surface area contributed by atoms with Crippen molar-refractivity contribution in [3.05, 3.63) is 18.2 Å². The van der Waals surface area contributed by atoms with Gasteiger partial charge in [-0.2, -0.15) is 0 Å². The van der Waals surface area contributed by atoms with E-state index in [4.69, 9.17) is 24.7 Å². The molecule has 0 aliphatic carbocycles. The molecule has 69 heavy (non-hydrogen) atoms. The van der Waals surface area contributed by atoms with Gasteiger partial charge in [0.25, 0.3) is 0 Å². The number of carboxylic acids is 2. The quantitative estimate of drug-likeness (QED) is 0.0434. The first-order chi connectivity index (χ1) is 33.4. The van der Waals surface area contributed by atoms with Crippen molar-refractivity contribution in [1.29, 1.82) is 0 Å². The minimum Gasteiger partial charge on any atom is -0.480 e. The summed E-state index contributed by atoms with van der Waals surface area (Å²) in [6, 6.07) is -3.13. The Kier molecular flexibility index (Phi) is 39.4. The van der Waals surface area contributed by atoms with Crippen LogP contribution in [0.15, 0.2) is 12.5 Å². The van der Waals surface area contributed by atoms with Gasteiger partial charge >= 0.3 is 11.9 Å². The Bertz CT molecular complexity index is 1520. The standard InChI is InChI=1S/C48H85N8O13/c1-2-3-4-5-6-7-8-9-10-11-12-13-14-15-16-20-44(59)56-41(48(64)65)21-22-43(58)52-24-26-66-28-31-69-36-46(61)53-25-27-67-29-30-68-35-45(60)51-23-18-17-19-40(47(62)63)54-34-42(57)39(49)32-38-33-50-37-55-38/h33,37,39-41,49,54H,2-32,34-36H2,1H3,(H,50,55)(H,51,60)(H,52,58)(H,53,61)(H,56,59)(H,62,63)(H,64,65)/t39-,40-,41-/m0/s1. The van der Waals surface area contributed by atoms with Gasteiger partial charge in [0.05, 0.1) is 58.6 Å². The van der Waals surface area contributed by atoms with Gasteiger partial charge in [0, 0.05) is 50.8 Å². The zero-order valence-electron chi connectivity index (χ0n) is 41.3. The van der Waals surface area contributed by atoms with Gasteiger partial charge in [0.2, 0.25) is 23.6 Å². The Morgan fingerprint density at radius 3 is 1.61 bits per heavy atom. The fourth-order valence-electron chi connectivity index (χ4n) is 7.03. The van der Waals surface area contributed by atoms with Gasteiger partial charge in [-0.3, -0.25) is 34.1 Å². The van der Waals surface area contributed by atoms with Crippen LogP contribution in [0.2, 0.25) is 0 Å². The zero-order chi connectivity index (χ0) is 50.6. The molecule has 0 spiro atoms. The molecule has 0 aliphatic rings. The van der Waals surface area contributed by atoms with Crippen molar-refractivity contribution in [1.82, 2.24) is 42.3 Å². The topological polar surface area (TPSA) is 310 Å². The number of H-pyrrole nitrogens is 1. The van der Waals surface area contributed by atoms with Crippen LogP contribution in [-0.4, -0.2) is 159 Å². The molecule has 1 rings (SSSR count). The molecule has 1 radical (unpaired) electrons. The molecule has 0 fully saturated rings. The van der Waals surface area contributed by atoms with E-state index in [1.165, 1.54) is 83.2 Å². The van der Waals surface area contributed by atoms with E-state index in [0.29, 0.717) is 31.5 Å². The van der Waals surface area contributed by atoms with Crippen LogP contribution in [0.3, 0.4) is 0 Å². The molecule has 0 unspecified atom stereocenters. The molecule has 9 N–H and O–H groups in total. The van der Waals surface area contributed by atoms with Gasteiger partial charge in [0.1, 0.15) is 25.3 Å². The lowest BCUT2D eigenvalue weighted by atomic mass is 10.0. The zero-order valence-corrected chi connectivity index (χ0v) is 41.3. The summed E-state index contributed by atoms with van der Waals surface area (Å²) in [6.45, 7) is 3.52. The fraction of sp³-hybridized carbons (Fsp3) is 0.792. The van der Waals surface area contributed by atoms with Crippen LogP contribution in [0.25, 0.3) is 0 Å². The Labute approximate surface area is 409 Å².